The molecule has 0 aliphatic heterocycles. The average molecular weight is 453 g/mol. The number of amides is 2. The third-order valence-electron chi connectivity index (χ3n) is 4.23. The summed E-state index contributed by atoms with van der Waals surface area (Å²) in [6, 6.07) is 10.8. The van der Waals surface area contributed by atoms with Crippen molar-refractivity contribution in [3.63, 3.8) is 0 Å². The molecule has 0 saturated carbocycles. The van der Waals surface area contributed by atoms with Gasteiger partial charge in [-0.3, -0.25) is 20.4 Å². The molecule has 2 rings (SSSR count). The summed E-state index contributed by atoms with van der Waals surface area (Å²) in [7, 11) is 0. The minimum atomic E-state index is -4.85. The van der Waals surface area contributed by atoms with Crippen LogP contribution in [0.4, 0.5) is 18.9 Å². The molecule has 11 heteroatoms. The number of esters is 1. The van der Waals surface area contributed by atoms with Crippen LogP contribution in [0.2, 0.25) is 0 Å². The van der Waals surface area contributed by atoms with E-state index in [2.05, 4.69) is 20.5 Å². The number of hydrogen-bond acceptors (Lipinski definition) is 6. The molecule has 0 spiro atoms. The maximum absolute atomic E-state index is 12.1. The van der Waals surface area contributed by atoms with Crippen molar-refractivity contribution < 1.29 is 37.0 Å². The zero-order valence-electron chi connectivity index (χ0n) is 17.4. The van der Waals surface area contributed by atoms with Gasteiger partial charge in [-0.15, -0.1) is 13.2 Å². The van der Waals surface area contributed by atoms with Crippen molar-refractivity contribution in [3.05, 3.63) is 59.7 Å². The minimum Gasteiger partial charge on any atom is -0.452 e. The van der Waals surface area contributed by atoms with E-state index in [0.29, 0.717) is 5.56 Å². The van der Waals surface area contributed by atoms with Crippen LogP contribution >= 0.6 is 0 Å². The number of anilines is 1. The van der Waals surface area contributed by atoms with Crippen LogP contribution in [0, 0.1) is 0 Å². The summed E-state index contributed by atoms with van der Waals surface area (Å²) in [5, 5.41) is 0. The molecule has 2 aromatic rings. The quantitative estimate of drug-likeness (QED) is 0.471. The highest BCUT2D eigenvalue weighted by Crippen LogP contribution is 2.22. The van der Waals surface area contributed by atoms with Crippen molar-refractivity contribution in [2.24, 2.45) is 0 Å². The molecule has 8 nitrogen and oxygen atoms in total. The summed E-state index contributed by atoms with van der Waals surface area (Å²) in [6.07, 6.45) is -4.85. The van der Waals surface area contributed by atoms with E-state index in [4.69, 9.17) is 4.74 Å². The lowest BCUT2D eigenvalue weighted by atomic mass is 10.2. The summed E-state index contributed by atoms with van der Waals surface area (Å²) in [5.74, 6) is -2.80. The molecule has 0 bridgehead atoms. The molecule has 0 radical (unpaired) electrons. The number of hydrazine groups is 1. The number of halogens is 3. The normalized spacial score (nSPS) is 10.8. The number of rotatable bonds is 8. The number of ether oxygens (including phenoxy) is 2. The van der Waals surface area contributed by atoms with Crippen molar-refractivity contribution in [1.29, 1.82) is 0 Å². The monoisotopic (exact) mass is 453 g/mol. The van der Waals surface area contributed by atoms with Crippen molar-refractivity contribution in [2.45, 2.75) is 20.2 Å². The average Bonchev–Trinajstić information content (AvgIpc) is 2.76. The van der Waals surface area contributed by atoms with Gasteiger partial charge in [0.25, 0.3) is 11.8 Å². The Balaban J connectivity index is 1.79. The Hall–Kier alpha value is -3.76. The zero-order valence-corrected chi connectivity index (χ0v) is 17.4. The highest BCUT2D eigenvalue weighted by molar-refractivity contribution is 5.96. The third kappa shape index (κ3) is 7.49. The first-order chi connectivity index (χ1) is 15.1. The van der Waals surface area contributed by atoms with Gasteiger partial charge < -0.3 is 14.4 Å². The molecular weight excluding hydrogens is 431 g/mol. The van der Waals surface area contributed by atoms with Gasteiger partial charge in [0, 0.05) is 24.3 Å². The summed E-state index contributed by atoms with van der Waals surface area (Å²) in [4.78, 5) is 37.9. The predicted octanol–water partition coefficient (Wildman–Crippen LogP) is 3.05. The number of benzene rings is 2. The highest BCUT2D eigenvalue weighted by Gasteiger charge is 2.31. The van der Waals surface area contributed by atoms with E-state index in [-0.39, 0.29) is 5.56 Å². The van der Waals surface area contributed by atoms with Crippen LogP contribution < -0.4 is 20.5 Å². The van der Waals surface area contributed by atoms with E-state index in [9.17, 15) is 27.6 Å². The number of carbonyl (C=O) groups is 3. The van der Waals surface area contributed by atoms with Crippen LogP contribution in [0.5, 0.6) is 5.75 Å². The zero-order chi connectivity index (χ0) is 23.7. The summed E-state index contributed by atoms with van der Waals surface area (Å²) in [6.45, 7) is 4.97. The highest BCUT2D eigenvalue weighted by atomic mass is 19.4. The maximum atomic E-state index is 12.1. The van der Waals surface area contributed by atoms with Crippen LogP contribution in [0.15, 0.2) is 48.5 Å². The van der Waals surface area contributed by atoms with Crippen LogP contribution in [0.3, 0.4) is 0 Å². The van der Waals surface area contributed by atoms with Gasteiger partial charge in [-0.05, 0) is 62.4 Å². The van der Waals surface area contributed by atoms with E-state index >= 15 is 0 Å². The molecule has 0 saturated heterocycles. The fourth-order valence-corrected chi connectivity index (χ4v) is 2.65. The van der Waals surface area contributed by atoms with Crippen LogP contribution in [0.25, 0.3) is 0 Å². The Morgan fingerprint density at radius 2 is 1.44 bits per heavy atom. The molecule has 0 fully saturated rings. The first-order valence-electron chi connectivity index (χ1n) is 9.60. The molecule has 32 heavy (non-hydrogen) atoms. The predicted molar refractivity (Wildman–Crippen MR) is 109 cm³/mol. The standard InChI is InChI=1S/C21H22F3N3O5/c1-3-27(4-2)16-9-5-14(6-10-16)19(29)26-25-18(28)13-31-20(30)15-7-11-17(12-8-15)32-21(22,23)24/h5-12H,3-4,13H2,1-2H3,(H,25,28)(H,26,29). The fraction of sp³-hybridized carbons (Fsp3) is 0.286. The Morgan fingerprint density at radius 3 is 1.97 bits per heavy atom. The van der Waals surface area contributed by atoms with Gasteiger partial charge in [-0.1, -0.05) is 0 Å². The van der Waals surface area contributed by atoms with Gasteiger partial charge in [-0.25, -0.2) is 4.79 Å². The van der Waals surface area contributed by atoms with Crippen molar-refractivity contribution in [1.82, 2.24) is 10.9 Å². The molecule has 2 aromatic carbocycles. The molecule has 0 heterocycles. The smallest absolute Gasteiger partial charge is 0.452 e. The first kappa shape index (κ1) is 24.5. The van der Waals surface area contributed by atoms with Gasteiger partial charge in [0.05, 0.1) is 5.56 Å². The van der Waals surface area contributed by atoms with E-state index < -0.39 is 36.5 Å². The second kappa shape index (κ2) is 11.0. The van der Waals surface area contributed by atoms with Crippen molar-refractivity contribution in [2.75, 3.05) is 24.6 Å². The molecule has 0 aromatic heterocycles. The van der Waals surface area contributed by atoms with Crippen molar-refractivity contribution in [3.8, 4) is 5.75 Å². The minimum absolute atomic E-state index is 0.0790. The largest absolute Gasteiger partial charge is 0.573 e. The number of hydrogen-bond donors (Lipinski definition) is 2. The molecule has 2 amide bonds. The van der Waals surface area contributed by atoms with E-state index in [1.165, 1.54) is 0 Å². The second-order valence-corrected chi connectivity index (χ2v) is 6.37. The van der Waals surface area contributed by atoms with Gasteiger partial charge in [0.1, 0.15) is 5.75 Å². The summed E-state index contributed by atoms with van der Waals surface area (Å²) >= 11 is 0. The molecule has 0 unspecified atom stereocenters. The van der Waals surface area contributed by atoms with Gasteiger partial charge >= 0.3 is 12.3 Å². The Morgan fingerprint density at radius 1 is 0.875 bits per heavy atom. The SMILES string of the molecule is CCN(CC)c1ccc(C(=O)NNC(=O)COC(=O)c2ccc(OC(F)(F)F)cc2)cc1. The molecular formula is C21H22F3N3O5. The second-order valence-electron chi connectivity index (χ2n) is 6.37. The molecule has 0 aliphatic carbocycles. The Kier molecular flexibility index (Phi) is 8.45. The fourth-order valence-electron chi connectivity index (χ4n) is 2.65. The van der Waals surface area contributed by atoms with Gasteiger partial charge in [-0.2, -0.15) is 0 Å². The van der Waals surface area contributed by atoms with E-state index in [0.717, 1.165) is 43.0 Å². The number of carbonyl (C=O) groups excluding carboxylic acids is 3. The Labute approximate surface area is 182 Å². The van der Waals surface area contributed by atoms with E-state index in [1.54, 1.807) is 24.3 Å². The lowest BCUT2D eigenvalue weighted by Crippen LogP contribution is -2.43. The van der Waals surface area contributed by atoms with Crippen LogP contribution in [-0.4, -0.2) is 43.8 Å². The lowest BCUT2D eigenvalue weighted by molar-refractivity contribution is -0.274. The van der Waals surface area contributed by atoms with E-state index in [1.807, 2.05) is 13.8 Å². The number of nitrogens with one attached hydrogen (secondary N) is 2. The molecule has 2 N–H and O–H groups in total. The summed E-state index contributed by atoms with van der Waals surface area (Å²) < 4.78 is 44.9. The van der Waals surface area contributed by atoms with Gasteiger partial charge in [0.15, 0.2) is 6.61 Å². The third-order valence-corrected chi connectivity index (χ3v) is 4.23. The van der Waals surface area contributed by atoms with Crippen LogP contribution in [-0.2, 0) is 9.53 Å². The first-order valence-corrected chi connectivity index (χ1v) is 9.60. The van der Waals surface area contributed by atoms with Crippen molar-refractivity contribution >= 4 is 23.5 Å². The molecule has 0 atom stereocenters. The Bertz CT molecular complexity index is 927. The van der Waals surface area contributed by atoms with Gasteiger partial charge in [0.2, 0.25) is 0 Å². The lowest BCUT2D eigenvalue weighted by Gasteiger charge is -2.21. The van der Waals surface area contributed by atoms with Crippen LogP contribution in [0.1, 0.15) is 34.6 Å². The molecule has 172 valence electrons. The topological polar surface area (TPSA) is 97.0 Å². The summed E-state index contributed by atoms with van der Waals surface area (Å²) in [5.41, 5.74) is 5.51. The molecule has 0 aliphatic rings. The maximum Gasteiger partial charge on any atom is 0.573 e. The number of alkyl halides is 3. The number of nitrogens with zero attached hydrogens (tertiary/aromatic N) is 1.